The molecule has 3 aromatic heterocycles. The van der Waals surface area contributed by atoms with Crippen molar-refractivity contribution in [3.05, 3.63) is 45.7 Å². The molecule has 0 saturated heterocycles. The van der Waals surface area contributed by atoms with Gasteiger partial charge in [0.05, 0.1) is 16.9 Å². The Morgan fingerprint density at radius 2 is 1.97 bits per heavy atom. The van der Waals surface area contributed by atoms with Gasteiger partial charge >= 0.3 is 0 Å². The monoisotopic (exact) mass is 469 g/mol. The largest absolute Gasteiger partial charge is 0.420 e. The summed E-state index contributed by atoms with van der Waals surface area (Å²) in [7, 11) is 0. The Morgan fingerprint density at radius 3 is 2.90 bits per heavy atom. The van der Waals surface area contributed by atoms with Crippen LogP contribution in [-0.2, 0) is 12.2 Å². The van der Waals surface area contributed by atoms with Crippen LogP contribution in [0.4, 0.5) is 5.69 Å². The number of thiophene rings is 1. The van der Waals surface area contributed by atoms with Gasteiger partial charge in [0.25, 0.3) is 5.91 Å². The van der Waals surface area contributed by atoms with E-state index in [4.69, 9.17) is 21.3 Å². The molecule has 10 heteroatoms. The summed E-state index contributed by atoms with van der Waals surface area (Å²) in [4.78, 5) is 26.5. The second-order valence-corrected chi connectivity index (χ2v) is 9.77. The average molecular weight is 470 g/mol. The lowest BCUT2D eigenvalue weighted by Crippen LogP contribution is -2.24. The van der Waals surface area contributed by atoms with E-state index in [2.05, 4.69) is 20.6 Å². The zero-order chi connectivity index (χ0) is 20.9. The Balaban J connectivity index is 1.44. The molecule has 156 valence electrons. The Morgan fingerprint density at radius 1 is 1.06 bits per heavy atom. The summed E-state index contributed by atoms with van der Waals surface area (Å²) in [5.41, 5.74) is 3.60. The third kappa shape index (κ3) is 3.28. The van der Waals surface area contributed by atoms with Crippen LogP contribution in [0.1, 0.15) is 20.9 Å². The lowest BCUT2D eigenvalue weighted by molar-refractivity contribution is 0.0962. The van der Waals surface area contributed by atoms with Gasteiger partial charge in [-0.05, 0) is 42.0 Å². The van der Waals surface area contributed by atoms with Crippen molar-refractivity contribution in [2.75, 3.05) is 24.2 Å². The normalized spacial score (nSPS) is 15.7. The minimum Gasteiger partial charge on any atom is -0.420 e. The first-order valence-corrected chi connectivity index (χ1v) is 12.2. The van der Waals surface area contributed by atoms with E-state index in [0.717, 1.165) is 55.9 Å². The SMILES string of the molecule is O=C1NCCNc2c1sc1ccc3nc(Oc4nc(Cl)nc5c4CSCC5)ccc3c21. The van der Waals surface area contributed by atoms with Crippen LogP contribution in [0.3, 0.4) is 0 Å². The molecule has 6 rings (SSSR count). The van der Waals surface area contributed by atoms with E-state index in [1.54, 1.807) is 0 Å². The molecule has 2 aliphatic heterocycles. The Hall–Kier alpha value is -2.62. The van der Waals surface area contributed by atoms with E-state index < -0.39 is 0 Å². The zero-order valence-electron chi connectivity index (χ0n) is 16.2. The van der Waals surface area contributed by atoms with Gasteiger partial charge in [-0.3, -0.25) is 4.79 Å². The zero-order valence-corrected chi connectivity index (χ0v) is 18.6. The van der Waals surface area contributed by atoms with Crippen LogP contribution in [0, 0.1) is 0 Å². The first-order valence-electron chi connectivity index (χ1n) is 9.86. The molecule has 0 radical (unpaired) electrons. The molecule has 0 spiro atoms. The van der Waals surface area contributed by atoms with Gasteiger partial charge in [0, 0.05) is 45.9 Å². The summed E-state index contributed by atoms with van der Waals surface area (Å²) in [5, 5.41) is 8.51. The summed E-state index contributed by atoms with van der Waals surface area (Å²) in [6.07, 6.45) is 0.853. The maximum absolute atomic E-state index is 12.4. The summed E-state index contributed by atoms with van der Waals surface area (Å²) in [6.45, 7) is 1.29. The van der Waals surface area contributed by atoms with Gasteiger partial charge in [0.15, 0.2) is 0 Å². The van der Waals surface area contributed by atoms with Crippen LogP contribution in [0.25, 0.3) is 21.0 Å². The topological polar surface area (TPSA) is 89.0 Å². The van der Waals surface area contributed by atoms with Gasteiger partial charge < -0.3 is 15.4 Å². The van der Waals surface area contributed by atoms with Crippen molar-refractivity contribution < 1.29 is 9.53 Å². The number of aromatic nitrogens is 3. The molecule has 31 heavy (non-hydrogen) atoms. The number of fused-ring (bicyclic) bond motifs is 6. The van der Waals surface area contributed by atoms with E-state index in [1.165, 1.54) is 11.3 Å². The molecule has 1 amide bonds. The number of pyridine rings is 1. The smallest absolute Gasteiger partial charge is 0.263 e. The average Bonchev–Trinajstić information content (AvgIpc) is 3.06. The number of nitrogens with one attached hydrogen (secondary N) is 2. The number of thioether (sulfide) groups is 1. The Kier molecular flexibility index (Phi) is 4.62. The molecule has 0 aliphatic carbocycles. The van der Waals surface area contributed by atoms with Crippen molar-refractivity contribution in [2.45, 2.75) is 12.2 Å². The molecule has 5 heterocycles. The second kappa shape index (κ2) is 7.51. The predicted molar refractivity (Wildman–Crippen MR) is 125 cm³/mol. The first kappa shape index (κ1) is 19.1. The molecule has 0 bridgehead atoms. The van der Waals surface area contributed by atoms with Crippen LogP contribution in [0.15, 0.2) is 24.3 Å². The van der Waals surface area contributed by atoms with Crippen LogP contribution < -0.4 is 15.4 Å². The number of anilines is 1. The quantitative estimate of drug-likeness (QED) is 0.414. The van der Waals surface area contributed by atoms with Crippen LogP contribution in [0.5, 0.6) is 11.8 Å². The van der Waals surface area contributed by atoms with Crippen molar-refractivity contribution in [1.82, 2.24) is 20.3 Å². The fourth-order valence-electron chi connectivity index (χ4n) is 3.97. The van der Waals surface area contributed by atoms with E-state index in [0.29, 0.717) is 29.7 Å². The lowest BCUT2D eigenvalue weighted by Gasteiger charge is -2.17. The maximum Gasteiger partial charge on any atom is 0.263 e. The first-order chi connectivity index (χ1) is 15.2. The number of hydrogen-bond donors (Lipinski definition) is 2. The van der Waals surface area contributed by atoms with E-state index in [9.17, 15) is 4.79 Å². The number of halogens is 1. The summed E-state index contributed by atoms with van der Waals surface area (Å²) in [5.74, 6) is 2.70. The van der Waals surface area contributed by atoms with Crippen LogP contribution in [0.2, 0.25) is 5.28 Å². The van der Waals surface area contributed by atoms with Crippen LogP contribution >= 0.6 is 34.7 Å². The third-order valence-electron chi connectivity index (χ3n) is 5.37. The minimum absolute atomic E-state index is 0.0365. The second-order valence-electron chi connectivity index (χ2n) is 7.27. The summed E-state index contributed by atoms with van der Waals surface area (Å²) >= 11 is 9.44. The minimum atomic E-state index is -0.0365. The molecular weight excluding hydrogens is 454 g/mol. The van der Waals surface area contributed by atoms with Crippen molar-refractivity contribution in [3.8, 4) is 11.8 Å². The van der Waals surface area contributed by atoms with Crippen molar-refractivity contribution in [1.29, 1.82) is 0 Å². The maximum atomic E-state index is 12.4. The number of carbonyl (C=O) groups excluding carboxylic acids is 1. The fourth-order valence-corrected chi connectivity index (χ4v) is 6.24. The molecule has 0 saturated carbocycles. The van der Waals surface area contributed by atoms with Crippen molar-refractivity contribution in [2.24, 2.45) is 0 Å². The van der Waals surface area contributed by atoms with E-state index >= 15 is 0 Å². The van der Waals surface area contributed by atoms with E-state index in [-0.39, 0.29) is 11.2 Å². The predicted octanol–water partition coefficient (Wildman–Crippen LogP) is 4.63. The molecule has 0 unspecified atom stereocenters. The molecule has 0 fully saturated rings. The van der Waals surface area contributed by atoms with Gasteiger partial charge in [-0.15, -0.1) is 11.3 Å². The molecule has 2 N–H and O–H groups in total. The summed E-state index contributed by atoms with van der Waals surface area (Å²) < 4.78 is 7.12. The highest BCUT2D eigenvalue weighted by atomic mass is 35.5. The fraction of sp³-hybridized carbons (Fsp3) is 0.238. The molecule has 7 nitrogen and oxygen atoms in total. The number of hydrogen-bond acceptors (Lipinski definition) is 8. The third-order valence-corrected chi connectivity index (χ3v) is 7.68. The van der Waals surface area contributed by atoms with Gasteiger partial charge in [0.1, 0.15) is 4.88 Å². The van der Waals surface area contributed by atoms with Gasteiger partial charge in [-0.25, -0.2) is 9.97 Å². The molecule has 2 aliphatic rings. The van der Waals surface area contributed by atoms with Crippen molar-refractivity contribution in [3.63, 3.8) is 0 Å². The number of carbonyl (C=O) groups is 1. The van der Waals surface area contributed by atoms with Crippen LogP contribution in [-0.4, -0.2) is 39.7 Å². The van der Waals surface area contributed by atoms with Gasteiger partial charge in [-0.2, -0.15) is 16.7 Å². The number of ether oxygens (including phenoxy) is 1. The van der Waals surface area contributed by atoms with Gasteiger partial charge in [0.2, 0.25) is 17.0 Å². The lowest BCUT2D eigenvalue weighted by atomic mass is 10.1. The molecule has 1 aromatic carbocycles. The van der Waals surface area contributed by atoms with Gasteiger partial charge in [-0.1, -0.05) is 0 Å². The summed E-state index contributed by atoms with van der Waals surface area (Å²) in [6, 6.07) is 7.78. The molecule has 4 aromatic rings. The molecule has 0 atom stereocenters. The standard InChI is InChI=1S/C21H16ClN5O2S2/c22-21-26-13-5-8-30-9-11(13)20(27-21)29-15-4-1-10-12(25-15)2-3-14-16(10)17-18(31-14)19(28)24-7-6-23-17/h1-4,23H,5-9H2,(H,24,28). The highest BCUT2D eigenvalue weighted by molar-refractivity contribution is 7.98. The highest BCUT2D eigenvalue weighted by Gasteiger charge is 2.23. The number of rotatable bonds is 2. The highest BCUT2D eigenvalue weighted by Crippen LogP contribution is 2.41. The number of aryl methyl sites for hydroxylation is 1. The number of benzene rings is 1. The van der Waals surface area contributed by atoms with E-state index in [1.807, 2.05) is 36.0 Å². The molecular formula is C21H16ClN5O2S2. The number of amides is 1. The Bertz CT molecular complexity index is 1370. The Labute approximate surface area is 190 Å². The number of nitrogens with zero attached hydrogens (tertiary/aromatic N) is 3. The van der Waals surface area contributed by atoms with Crippen molar-refractivity contribution >= 4 is 67.3 Å².